The Morgan fingerprint density at radius 2 is 2.45 bits per heavy atom. The Hall–Kier alpha value is -0.420. The summed E-state index contributed by atoms with van der Waals surface area (Å²) < 4.78 is 4.67. The van der Waals surface area contributed by atoms with Gasteiger partial charge in [-0.2, -0.15) is 5.06 Å². The molecule has 2 aliphatic rings. The van der Waals surface area contributed by atoms with Gasteiger partial charge in [0, 0.05) is 26.0 Å². The lowest BCUT2D eigenvalue weighted by Crippen LogP contribution is -2.30. The number of amides is 2. The summed E-state index contributed by atoms with van der Waals surface area (Å²) in [6.45, 7) is 1.67. The minimum Gasteiger partial charge on any atom is -0.321 e. The minimum absolute atomic E-state index is 0.0394. The van der Waals surface area contributed by atoms with Crippen molar-refractivity contribution in [1.82, 2.24) is 9.96 Å². The third kappa shape index (κ3) is 0.990. The lowest BCUT2D eigenvalue weighted by Gasteiger charge is -2.19. The Balaban J connectivity index is 2.17. The number of hydroxylamine groups is 2. The van der Waals surface area contributed by atoms with Gasteiger partial charge in [0.25, 0.3) is 0 Å². The number of hydrogen-bond donors (Lipinski definition) is 1. The van der Waals surface area contributed by atoms with Crippen LogP contribution >= 0.6 is 12.9 Å². The average Bonchev–Trinajstić information content (AvgIpc) is 2.25. The van der Waals surface area contributed by atoms with Crippen LogP contribution in [0.15, 0.2) is 0 Å². The first-order chi connectivity index (χ1) is 5.33. The highest BCUT2D eigenvalue weighted by Crippen LogP contribution is 2.25. The summed E-state index contributed by atoms with van der Waals surface area (Å²) in [4.78, 5) is 13.1. The number of hydrogen-bond acceptors (Lipinski definition) is 3. The summed E-state index contributed by atoms with van der Waals surface area (Å²) in [7, 11) is 0. The second-order valence-corrected chi connectivity index (χ2v) is 3.10. The van der Waals surface area contributed by atoms with Gasteiger partial charge in [0.15, 0.2) is 0 Å². The van der Waals surface area contributed by atoms with E-state index in [1.165, 1.54) is 5.06 Å². The second kappa shape index (κ2) is 2.57. The molecule has 0 aromatic rings. The Morgan fingerprint density at radius 3 is 3.09 bits per heavy atom. The van der Waals surface area contributed by atoms with Crippen molar-refractivity contribution < 1.29 is 9.08 Å². The molecule has 0 spiro atoms. The molecule has 0 aliphatic carbocycles. The topological polar surface area (TPSA) is 32.8 Å². The zero-order valence-corrected chi connectivity index (χ0v) is 6.96. The van der Waals surface area contributed by atoms with Gasteiger partial charge >= 0.3 is 6.03 Å². The SMILES string of the molecule is O=C1N2CCC[C@@H](C2)N1OS. The monoisotopic (exact) mass is 174 g/mol. The molecule has 11 heavy (non-hydrogen) atoms. The van der Waals surface area contributed by atoms with Gasteiger partial charge in [-0.25, -0.2) is 9.08 Å². The lowest BCUT2D eigenvalue weighted by atomic mass is 10.1. The number of carbonyl (C=O) groups excluding carboxylic acids is 1. The summed E-state index contributed by atoms with van der Waals surface area (Å²) in [5.74, 6) is 0. The van der Waals surface area contributed by atoms with Gasteiger partial charge in [0.1, 0.15) is 0 Å². The first-order valence-corrected chi connectivity index (χ1v) is 4.09. The minimum atomic E-state index is -0.0394. The molecule has 0 N–H and O–H groups in total. The molecule has 2 rings (SSSR count). The van der Waals surface area contributed by atoms with Crippen molar-refractivity contribution in [3.63, 3.8) is 0 Å². The maximum atomic E-state index is 11.3. The van der Waals surface area contributed by atoms with E-state index >= 15 is 0 Å². The molecule has 2 amide bonds. The van der Waals surface area contributed by atoms with Gasteiger partial charge < -0.3 is 4.90 Å². The van der Waals surface area contributed by atoms with E-state index in [0.29, 0.717) is 0 Å². The fourth-order valence-electron chi connectivity index (χ4n) is 1.72. The quantitative estimate of drug-likeness (QED) is 0.468. The Morgan fingerprint density at radius 1 is 1.64 bits per heavy atom. The molecule has 1 atom stereocenters. The van der Waals surface area contributed by atoms with Crippen molar-refractivity contribution in [2.75, 3.05) is 13.1 Å². The lowest BCUT2D eigenvalue weighted by molar-refractivity contribution is -0.00391. The van der Waals surface area contributed by atoms with Crippen LogP contribution in [-0.2, 0) is 4.28 Å². The van der Waals surface area contributed by atoms with E-state index in [2.05, 4.69) is 17.2 Å². The van der Waals surface area contributed by atoms with Gasteiger partial charge in [-0.15, -0.1) is 0 Å². The third-order valence-electron chi connectivity index (χ3n) is 2.28. The van der Waals surface area contributed by atoms with Gasteiger partial charge in [-0.3, -0.25) is 0 Å². The van der Waals surface area contributed by atoms with Crippen LogP contribution in [0.2, 0.25) is 0 Å². The first-order valence-electron chi connectivity index (χ1n) is 3.72. The summed E-state index contributed by atoms with van der Waals surface area (Å²) in [6.07, 6.45) is 2.10. The number of carbonyl (C=O) groups is 1. The van der Waals surface area contributed by atoms with Crippen LogP contribution in [0.5, 0.6) is 0 Å². The van der Waals surface area contributed by atoms with Crippen molar-refractivity contribution in [2.45, 2.75) is 18.9 Å². The van der Waals surface area contributed by atoms with Gasteiger partial charge in [-0.05, 0) is 12.8 Å². The van der Waals surface area contributed by atoms with Crippen molar-refractivity contribution in [2.24, 2.45) is 0 Å². The third-order valence-corrected chi connectivity index (χ3v) is 2.45. The van der Waals surface area contributed by atoms with Crippen molar-refractivity contribution in [1.29, 1.82) is 0 Å². The van der Waals surface area contributed by atoms with E-state index in [1.54, 1.807) is 4.90 Å². The molecular formula is C6H10N2O2S. The van der Waals surface area contributed by atoms with Gasteiger partial charge in [0.2, 0.25) is 0 Å². The Labute approximate surface area is 70.7 Å². The van der Waals surface area contributed by atoms with E-state index in [9.17, 15) is 4.79 Å². The summed E-state index contributed by atoms with van der Waals surface area (Å²) in [5, 5.41) is 1.36. The number of fused-ring (bicyclic) bond motifs is 2. The fraction of sp³-hybridized carbons (Fsp3) is 0.833. The van der Waals surface area contributed by atoms with E-state index in [0.717, 1.165) is 25.9 Å². The van der Waals surface area contributed by atoms with Crippen molar-refractivity contribution in [3.8, 4) is 0 Å². The van der Waals surface area contributed by atoms with Crippen molar-refractivity contribution in [3.05, 3.63) is 0 Å². The van der Waals surface area contributed by atoms with E-state index in [-0.39, 0.29) is 12.1 Å². The van der Waals surface area contributed by atoms with Crippen LogP contribution in [0, 0.1) is 0 Å². The second-order valence-electron chi connectivity index (χ2n) is 2.93. The number of nitrogens with zero attached hydrogens (tertiary/aromatic N) is 2. The van der Waals surface area contributed by atoms with Crippen LogP contribution in [0.1, 0.15) is 12.8 Å². The molecule has 2 fully saturated rings. The molecule has 2 heterocycles. The maximum Gasteiger partial charge on any atom is 0.345 e. The highest BCUT2D eigenvalue weighted by Gasteiger charge is 2.40. The number of piperidine rings is 1. The standard InChI is InChI=1S/C6H10N2O2S/c9-6-7-3-1-2-5(4-7)8(6)10-11/h5,11H,1-4H2/t5-/m0/s1. The predicted molar refractivity (Wildman–Crippen MR) is 41.9 cm³/mol. The summed E-state index contributed by atoms with van der Waals surface area (Å²) in [6, 6.07) is 0.191. The molecule has 5 heteroatoms. The zero-order chi connectivity index (χ0) is 7.84. The normalized spacial score (nSPS) is 29.9. The van der Waals surface area contributed by atoms with Gasteiger partial charge in [0.05, 0.1) is 6.04 Å². The van der Waals surface area contributed by atoms with E-state index < -0.39 is 0 Å². The maximum absolute atomic E-state index is 11.3. The molecule has 0 aromatic heterocycles. The van der Waals surface area contributed by atoms with Crippen molar-refractivity contribution >= 4 is 18.9 Å². The fourth-order valence-corrected chi connectivity index (χ4v) is 1.92. The molecule has 0 radical (unpaired) electrons. The summed E-state index contributed by atoms with van der Waals surface area (Å²) in [5.41, 5.74) is 0. The number of thiol groups is 1. The van der Waals surface area contributed by atoms with Crippen LogP contribution < -0.4 is 0 Å². The molecule has 2 aliphatic heterocycles. The first kappa shape index (κ1) is 7.24. The molecule has 4 nitrogen and oxygen atoms in total. The molecule has 2 bridgehead atoms. The molecule has 62 valence electrons. The Kier molecular flexibility index (Phi) is 1.69. The smallest absolute Gasteiger partial charge is 0.321 e. The van der Waals surface area contributed by atoms with Crippen LogP contribution in [-0.4, -0.2) is 35.1 Å². The largest absolute Gasteiger partial charge is 0.345 e. The van der Waals surface area contributed by atoms with E-state index in [4.69, 9.17) is 0 Å². The Bertz CT molecular complexity index is 187. The predicted octanol–water partition coefficient (Wildman–Crippen LogP) is 0.663. The van der Waals surface area contributed by atoms with E-state index in [1.807, 2.05) is 0 Å². The van der Waals surface area contributed by atoms with Crippen LogP contribution in [0.3, 0.4) is 0 Å². The molecular weight excluding hydrogens is 164 g/mol. The van der Waals surface area contributed by atoms with Crippen LogP contribution in [0.4, 0.5) is 4.79 Å². The molecule has 0 aromatic carbocycles. The number of urea groups is 1. The molecule has 0 saturated carbocycles. The number of rotatable bonds is 1. The average molecular weight is 174 g/mol. The van der Waals surface area contributed by atoms with Gasteiger partial charge in [-0.1, -0.05) is 0 Å². The van der Waals surface area contributed by atoms with Crippen LogP contribution in [0.25, 0.3) is 0 Å². The zero-order valence-electron chi connectivity index (χ0n) is 6.06. The summed E-state index contributed by atoms with van der Waals surface area (Å²) >= 11 is 3.64. The molecule has 2 saturated heterocycles. The highest BCUT2D eigenvalue weighted by molar-refractivity contribution is 7.75. The highest BCUT2D eigenvalue weighted by atomic mass is 32.1. The molecule has 0 unspecified atom stereocenters.